The molecule has 22 heavy (non-hydrogen) atoms. The summed E-state index contributed by atoms with van der Waals surface area (Å²) in [5.74, 6) is 0.945. The van der Waals surface area contributed by atoms with Crippen molar-refractivity contribution in [1.29, 1.82) is 0 Å². The van der Waals surface area contributed by atoms with Crippen LogP contribution in [0.2, 0.25) is 0 Å². The van der Waals surface area contributed by atoms with Gasteiger partial charge in [0.2, 0.25) is 0 Å². The zero-order valence-electron chi connectivity index (χ0n) is 12.2. The van der Waals surface area contributed by atoms with Crippen LogP contribution in [-0.4, -0.2) is 27.0 Å². The van der Waals surface area contributed by atoms with Crippen molar-refractivity contribution in [3.05, 3.63) is 56.7 Å². The normalized spacial score (nSPS) is 10.8. The molecule has 0 aliphatic carbocycles. The minimum absolute atomic E-state index is 0.0601. The second-order valence-corrected chi connectivity index (χ2v) is 6.64. The molecule has 2 aromatic rings. The molecule has 0 bridgehead atoms. The van der Waals surface area contributed by atoms with E-state index >= 15 is 0 Å². The van der Waals surface area contributed by atoms with Gasteiger partial charge in [-0.3, -0.25) is 14.3 Å². The third kappa shape index (κ3) is 4.06. The molecule has 118 valence electrons. The molecule has 1 aromatic heterocycles. The van der Waals surface area contributed by atoms with Crippen molar-refractivity contribution < 1.29 is 5.11 Å². The molecule has 0 radical (unpaired) electrons. The van der Waals surface area contributed by atoms with Gasteiger partial charge in [0.25, 0.3) is 5.56 Å². The molecular formula is C15H18N2O3S2. The minimum Gasteiger partial charge on any atom is -0.396 e. The Balaban J connectivity index is 2.46. The molecule has 0 aliphatic heterocycles. The average Bonchev–Trinajstić information content (AvgIpc) is 2.51. The molecule has 2 N–H and O–H groups in total. The summed E-state index contributed by atoms with van der Waals surface area (Å²) in [4.78, 5) is 27.5. The molecule has 0 unspecified atom stereocenters. The first-order chi connectivity index (χ1) is 10.7. The Morgan fingerprint density at radius 3 is 2.59 bits per heavy atom. The minimum atomic E-state index is -0.411. The molecule has 0 saturated heterocycles. The van der Waals surface area contributed by atoms with E-state index in [-0.39, 0.29) is 12.2 Å². The number of nitrogens with zero attached hydrogens (tertiary/aromatic N) is 1. The van der Waals surface area contributed by atoms with E-state index in [1.807, 2.05) is 37.3 Å². The number of aliphatic hydroxyl groups is 1. The Bertz CT molecular complexity index is 726. The van der Waals surface area contributed by atoms with Gasteiger partial charge >= 0.3 is 5.69 Å². The van der Waals surface area contributed by atoms with Crippen molar-refractivity contribution in [3.8, 4) is 0 Å². The topological polar surface area (TPSA) is 75.1 Å². The van der Waals surface area contributed by atoms with Crippen LogP contribution in [0.3, 0.4) is 0 Å². The van der Waals surface area contributed by atoms with Crippen molar-refractivity contribution in [2.24, 2.45) is 0 Å². The smallest absolute Gasteiger partial charge is 0.329 e. The average molecular weight is 338 g/mol. The van der Waals surface area contributed by atoms with E-state index in [0.29, 0.717) is 28.6 Å². The van der Waals surface area contributed by atoms with E-state index in [4.69, 9.17) is 5.11 Å². The largest absolute Gasteiger partial charge is 0.396 e. The van der Waals surface area contributed by atoms with Crippen LogP contribution < -0.4 is 11.2 Å². The van der Waals surface area contributed by atoms with Crippen LogP contribution in [0.4, 0.5) is 0 Å². The quantitative estimate of drug-likeness (QED) is 0.596. The van der Waals surface area contributed by atoms with Gasteiger partial charge in [0.05, 0.1) is 17.5 Å². The third-order valence-electron chi connectivity index (χ3n) is 3.01. The predicted octanol–water partition coefficient (Wildman–Crippen LogP) is 1.93. The van der Waals surface area contributed by atoms with Crippen LogP contribution in [0.5, 0.6) is 0 Å². The maximum Gasteiger partial charge on any atom is 0.329 e. The summed E-state index contributed by atoms with van der Waals surface area (Å²) in [6.07, 6.45) is 0.551. The molecule has 0 amide bonds. The second kappa shape index (κ2) is 8.26. The molecule has 2 rings (SSSR count). The number of thioether (sulfide) groups is 1. The molecule has 0 atom stereocenters. The second-order valence-electron chi connectivity index (χ2n) is 4.50. The fourth-order valence-corrected chi connectivity index (χ4v) is 3.86. The van der Waals surface area contributed by atoms with Crippen molar-refractivity contribution in [2.75, 3.05) is 12.4 Å². The van der Waals surface area contributed by atoms with E-state index in [9.17, 15) is 9.59 Å². The van der Waals surface area contributed by atoms with Gasteiger partial charge in [-0.25, -0.2) is 4.79 Å². The van der Waals surface area contributed by atoms with Gasteiger partial charge in [-0.1, -0.05) is 36.9 Å². The van der Waals surface area contributed by atoms with Crippen LogP contribution in [0.25, 0.3) is 0 Å². The van der Waals surface area contributed by atoms with Crippen LogP contribution in [0.1, 0.15) is 12.5 Å². The summed E-state index contributed by atoms with van der Waals surface area (Å²) < 4.78 is 1.57. The Kier molecular flexibility index (Phi) is 6.35. The lowest BCUT2D eigenvalue weighted by atomic mass is 10.3. The number of H-pyrrole nitrogens is 1. The number of rotatable bonds is 7. The number of nitrogens with one attached hydrogen (secondary N) is 1. The number of hydrogen-bond acceptors (Lipinski definition) is 5. The Labute approximate surface area is 136 Å². The number of benzene rings is 1. The van der Waals surface area contributed by atoms with Crippen molar-refractivity contribution in [2.45, 2.75) is 29.1 Å². The highest BCUT2D eigenvalue weighted by Crippen LogP contribution is 2.29. The Morgan fingerprint density at radius 2 is 1.95 bits per heavy atom. The number of aromatic amines is 1. The monoisotopic (exact) mass is 338 g/mol. The first-order valence-electron chi connectivity index (χ1n) is 6.94. The zero-order valence-corrected chi connectivity index (χ0v) is 13.9. The van der Waals surface area contributed by atoms with E-state index < -0.39 is 5.69 Å². The number of aliphatic hydroxyl groups excluding tert-OH is 1. The highest BCUT2D eigenvalue weighted by Gasteiger charge is 2.15. The number of hydrogen-bond donors (Lipinski definition) is 2. The maximum atomic E-state index is 12.1. The maximum absolute atomic E-state index is 12.1. The first kappa shape index (κ1) is 16.9. The van der Waals surface area contributed by atoms with Crippen molar-refractivity contribution in [3.63, 3.8) is 0 Å². The highest BCUT2D eigenvalue weighted by molar-refractivity contribution is 7.99. The lowest BCUT2D eigenvalue weighted by molar-refractivity contribution is 0.322. The van der Waals surface area contributed by atoms with Gasteiger partial charge in [-0.05, 0) is 18.6 Å². The summed E-state index contributed by atoms with van der Waals surface area (Å²) in [5.41, 5.74) is -0.126. The van der Waals surface area contributed by atoms with Gasteiger partial charge in [-0.2, -0.15) is 0 Å². The molecule has 0 spiro atoms. The Hall–Kier alpha value is -1.44. The SMILES string of the molecule is CCc1c(Sc2ccccc2)n(CSCCO)c(=O)[nH]c1=O. The molecule has 7 heteroatoms. The van der Waals surface area contributed by atoms with Crippen LogP contribution in [-0.2, 0) is 12.3 Å². The number of aromatic nitrogens is 2. The molecule has 5 nitrogen and oxygen atoms in total. The van der Waals surface area contributed by atoms with Crippen molar-refractivity contribution in [1.82, 2.24) is 9.55 Å². The summed E-state index contributed by atoms with van der Waals surface area (Å²) in [6, 6.07) is 9.66. The fourth-order valence-electron chi connectivity index (χ4n) is 1.96. The summed E-state index contributed by atoms with van der Waals surface area (Å²) in [5, 5.41) is 9.57. The van der Waals surface area contributed by atoms with Gasteiger partial charge in [0.1, 0.15) is 0 Å². The molecule has 1 heterocycles. The molecule has 0 saturated carbocycles. The van der Waals surface area contributed by atoms with Gasteiger partial charge in [-0.15, -0.1) is 11.8 Å². The lowest BCUT2D eigenvalue weighted by Gasteiger charge is -2.14. The van der Waals surface area contributed by atoms with Crippen molar-refractivity contribution >= 4 is 23.5 Å². The van der Waals surface area contributed by atoms with E-state index in [0.717, 1.165) is 4.90 Å². The first-order valence-corrected chi connectivity index (χ1v) is 8.92. The summed E-state index contributed by atoms with van der Waals surface area (Å²) in [7, 11) is 0. The van der Waals surface area contributed by atoms with E-state index in [1.54, 1.807) is 4.57 Å². The lowest BCUT2D eigenvalue weighted by Crippen LogP contribution is -2.33. The summed E-state index contributed by atoms with van der Waals surface area (Å²) >= 11 is 2.87. The van der Waals surface area contributed by atoms with E-state index in [2.05, 4.69) is 4.98 Å². The van der Waals surface area contributed by atoms with Gasteiger partial charge in [0.15, 0.2) is 0 Å². The molecule has 0 fully saturated rings. The van der Waals surface area contributed by atoms with Crippen LogP contribution >= 0.6 is 23.5 Å². The van der Waals surface area contributed by atoms with Gasteiger partial charge < -0.3 is 5.11 Å². The van der Waals surface area contributed by atoms with Crippen LogP contribution in [0, 0.1) is 0 Å². The summed E-state index contributed by atoms with van der Waals surface area (Å²) in [6.45, 7) is 1.96. The zero-order chi connectivity index (χ0) is 15.9. The predicted molar refractivity (Wildman–Crippen MR) is 90.8 cm³/mol. The molecule has 1 aromatic carbocycles. The molecular weight excluding hydrogens is 320 g/mol. The fraction of sp³-hybridized carbons (Fsp3) is 0.333. The standard InChI is InChI=1S/C15H18N2O3S2/c1-2-12-13(19)16-15(20)17(10-21-9-8-18)14(12)22-11-6-4-3-5-7-11/h3-7,18H,2,8-10H2,1H3,(H,16,19,20). The molecule has 0 aliphatic rings. The van der Waals surface area contributed by atoms with Crippen LogP contribution in [0.15, 0.2) is 49.8 Å². The third-order valence-corrected chi connectivity index (χ3v) is 5.09. The Morgan fingerprint density at radius 1 is 1.23 bits per heavy atom. The van der Waals surface area contributed by atoms with Gasteiger partial charge in [0, 0.05) is 16.2 Å². The highest BCUT2D eigenvalue weighted by atomic mass is 32.2. The van der Waals surface area contributed by atoms with E-state index in [1.165, 1.54) is 23.5 Å².